The summed E-state index contributed by atoms with van der Waals surface area (Å²) in [5, 5.41) is 0. The van der Waals surface area contributed by atoms with Crippen LogP contribution in [0.25, 0.3) is 0 Å². The first-order valence-electron chi connectivity index (χ1n) is 4.50. The van der Waals surface area contributed by atoms with Gasteiger partial charge in [0.1, 0.15) is 5.82 Å². The van der Waals surface area contributed by atoms with Crippen LogP contribution in [-0.4, -0.2) is 9.55 Å². The van der Waals surface area contributed by atoms with E-state index in [1.807, 2.05) is 13.1 Å². The van der Waals surface area contributed by atoms with Gasteiger partial charge < -0.3 is 10.3 Å². The van der Waals surface area contributed by atoms with E-state index in [1.54, 1.807) is 0 Å². The lowest BCUT2D eigenvalue weighted by atomic mass is 10.2. The van der Waals surface area contributed by atoms with E-state index in [1.165, 1.54) is 0 Å². The van der Waals surface area contributed by atoms with Gasteiger partial charge in [0.15, 0.2) is 0 Å². The summed E-state index contributed by atoms with van der Waals surface area (Å²) in [4.78, 5) is 4.31. The van der Waals surface area contributed by atoms with E-state index in [0.29, 0.717) is 0 Å². The van der Waals surface area contributed by atoms with Crippen molar-refractivity contribution in [2.45, 2.75) is 39.8 Å². The van der Waals surface area contributed by atoms with Crippen molar-refractivity contribution in [2.75, 3.05) is 0 Å². The molecule has 0 amide bonds. The Hall–Kier alpha value is -0.830. The number of rotatable bonds is 3. The van der Waals surface area contributed by atoms with Crippen LogP contribution in [0, 0.1) is 0 Å². The SMILES string of the molecule is CCc1ncc(C(C)N)n1CC. The van der Waals surface area contributed by atoms with Gasteiger partial charge in [0, 0.05) is 19.0 Å². The van der Waals surface area contributed by atoms with E-state index < -0.39 is 0 Å². The summed E-state index contributed by atoms with van der Waals surface area (Å²) >= 11 is 0. The summed E-state index contributed by atoms with van der Waals surface area (Å²) in [6.45, 7) is 7.18. The van der Waals surface area contributed by atoms with Crippen molar-refractivity contribution >= 4 is 0 Å². The molecule has 0 aliphatic carbocycles. The average molecular weight is 167 g/mol. The molecule has 0 saturated carbocycles. The minimum atomic E-state index is 0.0812. The van der Waals surface area contributed by atoms with E-state index >= 15 is 0 Å². The predicted molar refractivity (Wildman–Crippen MR) is 49.9 cm³/mol. The lowest BCUT2D eigenvalue weighted by molar-refractivity contribution is 0.629. The van der Waals surface area contributed by atoms with Crippen LogP contribution in [0.1, 0.15) is 38.3 Å². The van der Waals surface area contributed by atoms with E-state index in [-0.39, 0.29) is 6.04 Å². The van der Waals surface area contributed by atoms with Crippen LogP contribution in [0.3, 0.4) is 0 Å². The molecule has 0 spiro atoms. The monoisotopic (exact) mass is 167 g/mol. The third-order valence-corrected chi connectivity index (χ3v) is 2.07. The zero-order chi connectivity index (χ0) is 9.14. The Kier molecular flexibility index (Phi) is 2.87. The fourth-order valence-corrected chi connectivity index (χ4v) is 1.44. The van der Waals surface area contributed by atoms with E-state index in [0.717, 1.165) is 24.5 Å². The summed E-state index contributed by atoms with van der Waals surface area (Å²) in [6, 6.07) is 0.0812. The predicted octanol–water partition coefficient (Wildman–Crippen LogP) is 1.49. The number of hydrogen-bond donors (Lipinski definition) is 1. The topological polar surface area (TPSA) is 43.8 Å². The smallest absolute Gasteiger partial charge is 0.108 e. The quantitative estimate of drug-likeness (QED) is 0.741. The fourth-order valence-electron chi connectivity index (χ4n) is 1.44. The Bertz CT molecular complexity index is 250. The molecule has 0 radical (unpaired) electrons. The van der Waals surface area contributed by atoms with Crippen molar-refractivity contribution in [2.24, 2.45) is 5.73 Å². The summed E-state index contributed by atoms with van der Waals surface area (Å²) in [6.07, 6.45) is 2.85. The van der Waals surface area contributed by atoms with Crippen LogP contribution in [0.5, 0.6) is 0 Å². The highest BCUT2D eigenvalue weighted by molar-refractivity contribution is 5.09. The van der Waals surface area contributed by atoms with Crippen molar-refractivity contribution in [1.29, 1.82) is 0 Å². The Morgan fingerprint density at radius 2 is 2.25 bits per heavy atom. The van der Waals surface area contributed by atoms with Crippen LogP contribution in [-0.2, 0) is 13.0 Å². The van der Waals surface area contributed by atoms with Crippen LogP contribution in [0.2, 0.25) is 0 Å². The lowest BCUT2D eigenvalue weighted by Crippen LogP contribution is -2.13. The molecular weight excluding hydrogens is 150 g/mol. The van der Waals surface area contributed by atoms with Gasteiger partial charge in [0.25, 0.3) is 0 Å². The van der Waals surface area contributed by atoms with Gasteiger partial charge in [-0.25, -0.2) is 4.98 Å². The van der Waals surface area contributed by atoms with Gasteiger partial charge in [0.05, 0.1) is 11.9 Å². The molecule has 0 aliphatic rings. The zero-order valence-electron chi connectivity index (χ0n) is 8.04. The van der Waals surface area contributed by atoms with Gasteiger partial charge in [-0.3, -0.25) is 0 Å². The van der Waals surface area contributed by atoms with E-state index in [4.69, 9.17) is 5.73 Å². The van der Waals surface area contributed by atoms with Crippen molar-refractivity contribution in [1.82, 2.24) is 9.55 Å². The standard InChI is InChI=1S/C9H17N3/c1-4-9-11-6-8(7(3)10)12(9)5-2/h6-7H,4-5,10H2,1-3H3. The van der Waals surface area contributed by atoms with Crippen molar-refractivity contribution in [3.63, 3.8) is 0 Å². The summed E-state index contributed by atoms with van der Waals surface area (Å²) in [5.41, 5.74) is 6.93. The number of imidazole rings is 1. The zero-order valence-corrected chi connectivity index (χ0v) is 8.04. The van der Waals surface area contributed by atoms with Gasteiger partial charge in [0.2, 0.25) is 0 Å². The van der Waals surface area contributed by atoms with Crippen LogP contribution < -0.4 is 5.73 Å². The first kappa shape index (κ1) is 9.26. The number of nitrogens with zero attached hydrogens (tertiary/aromatic N) is 2. The Morgan fingerprint density at radius 1 is 1.58 bits per heavy atom. The number of hydrogen-bond acceptors (Lipinski definition) is 2. The van der Waals surface area contributed by atoms with Gasteiger partial charge in [-0.05, 0) is 13.8 Å². The minimum absolute atomic E-state index is 0.0812. The maximum Gasteiger partial charge on any atom is 0.108 e. The van der Waals surface area contributed by atoms with Crippen LogP contribution >= 0.6 is 0 Å². The van der Waals surface area contributed by atoms with Crippen LogP contribution in [0.4, 0.5) is 0 Å². The maximum absolute atomic E-state index is 5.80. The molecule has 3 nitrogen and oxygen atoms in total. The molecule has 1 aromatic heterocycles. The Labute approximate surface area is 73.6 Å². The van der Waals surface area contributed by atoms with Crippen molar-refractivity contribution in [3.8, 4) is 0 Å². The molecule has 12 heavy (non-hydrogen) atoms. The highest BCUT2D eigenvalue weighted by atomic mass is 15.1. The maximum atomic E-state index is 5.80. The molecule has 0 fully saturated rings. The Balaban J connectivity index is 3.05. The normalized spacial score (nSPS) is 13.3. The minimum Gasteiger partial charge on any atom is -0.331 e. The van der Waals surface area contributed by atoms with E-state index in [2.05, 4.69) is 23.4 Å². The molecular formula is C9H17N3. The van der Waals surface area contributed by atoms with E-state index in [9.17, 15) is 0 Å². The molecule has 0 bridgehead atoms. The van der Waals surface area contributed by atoms with Crippen molar-refractivity contribution in [3.05, 3.63) is 17.7 Å². The second-order valence-corrected chi connectivity index (χ2v) is 2.99. The highest BCUT2D eigenvalue weighted by Gasteiger charge is 2.09. The second-order valence-electron chi connectivity index (χ2n) is 2.99. The van der Waals surface area contributed by atoms with Crippen molar-refractivity contribution < 1.29 is 0 Å². The number of aryl methyl sites for hydroxylation is 1. The average Bonchev–Trinajstić information content (AvgIpc) is 2.46. The molecule has 0 aromatic carbocycles. The molecule has 0 aliphatic heterocycles. The Morgan fingerprint density at radius 3 is 2.67 bits per heavy atom. The molecule has 1 aromatic rings. The number of nitrogens with two attached hydrogens (primary N) is 1. The molecule has 68 valence electrons. The number of aromatic nitrogens is 2. The van der Waals surface area contributed by atoms with Gasteiger partial charge in [-0.15, -0.1) is 0 Å². The molecule has 1 heterocycles. The summed E-state index contributed by atoms with van der Waals surface area (Å²) < 4.78 is 2.19. The third-order valence-electron chi connectivity index (χ3n) is 2.07. The lowest BCUT2D eigenvalue weighted by Gasteiger charge is -2.10. The van der Waals surface area contributed by atoms with Gasteiger partial charge in [-0.2, -0.15) is 0 Å². The van der Waals surface area contributed by atoms with Gasteiger partial charge in [-0.1, -0.05) is 6.92 Å². The first-order valence-corrected chi connectivity index (χ1v) is 4.50. The highest BCUT2D eigenvalue weighted by Crippen LogP contribution is 2.12. The molecule has 3 heteroatoms. The molecule has 0 saturated heterocycles. The molecule has 1 rings (SSSR count). The summed E-state index contributed by atoms with van der Waals surface area (Å²) in [5.74, 6) is 1.13. The molecule has 1 unspecified atom stereocenters. The first-order chi connectivity index (χ1) is 5.70. The summed E-state index contributed by atoms with van der Waals surface area (Å²) in [7, 11) is 0. The van der Waals surface area contributed by atoms with Gasteiger partial charge >= 0.3 is 0 Å². The largest absolute Gasteiger partial charge is 0.331 e. The third kappa shape index (κ3) is 1.50. The molecule has 2 N–H and O–H groups in total. The second kappa shape index (κ2) is 3.72. The fraction of sp³-hybridized carbons (Fsp3) is 0.667. The van der Waals surface area contributed by atoms with Crippen LogP contribution in [0.15, 0.2) is 6.20 Å². The molecule has 1 atom stereocenters.